The first-order valence-corrected chi connectivity index (χ1v) is 6.97. The highest BCUT2D eigenvalue weighted by atomic mass is 79.9. The van der Waals surface area contributed by atoms with Crippen LogP contribution >= 0.6 is 15.9 Å². The minimum atomic E-state index is 0.342. The third-order valence-electron chi connectivity index (χ3n) is 2.87. The third-order valence-corrected chi connectivity index (χ3v) is 3.54. The van der Waals surface area contributed by atoms with Gasteiger partial charge in [0.2, 0.25) is 0 Å². The Morgan fingerprint density at radius 1 is 1.47 bits per heavy atom. The normalized spacial score (nSPS) is 12.4. The Labute approximate surface area is 113 Å². The van der Waals surface area contributed by atoms with Crippen molar-refractivity contribution in [1.29, 1.82) is 0 Å². The van der Waals surface area contributed by atoms with Crippen LogP contribution in [0.3, 0.4) is 0 Å². The van der Waals surface area contributed by atoms with Gasteiger partial charge in [-0.15, -0.1) is 6.58 Å². The van der Waals surface area contributed by atoms with Crippen LogP contribution in [-0.2, 0) is 0 Å². The van der Waals surface area contributed by atoms with Gasteiger partial charge in [0, 0.05) is 10.7 Å². The Balaban J connectivity index is 2.43. The average molecular weight is 297 g/mol. The molecule has 0 saturated heterocycles. The Morgan fingerprint density at radius 2 is 2.29 bits per heavy atom. The summed E-state index contributed by atoms with van der Waals surface area (Å²) < 4.78 is 1.09. The maximum atomic E-state index is 4.44. The molecule has 0 aliphatic heterocycles. The summed E-state index contributed by atoms with van der Waals surface area (Å²) in [6, 6.07) is 4.34. The van der Waals surface area contributed by atoms with Gasteiger partial charge in [-0.25, -0.2) is 0 Å². The molecule has 0 saturated carbocycles. The Kier molecular flexibility index (Phi) is 7.13. The van der Waals surface area contributed by atoms with Crippen molar-refractivity contribution in [3.05, 3.63) is 41.2 Å². The molecule has 0 bridgehead atoms. The lowest BCUT2D eigenvalue weighted by molar-refractivity contribution is 0.496. The van der Waals surface area contributed by atoms with Gasteiger partial charge in [-0.2, -0.15) is 0 Å². The molecular weight excluding hydrogens is 276 g/mol. The van der Waals surface area contributed by atoms with Crippen molar-refractivity contribution in [2.45, 2.75) is 38.1 Å². The van der Waals surface area contributed by atoms with Gasteiger partial charge < -0.3 is 5.32 Å². The van der Waals surface area contributed by atoms with Crippen LogP contribution in [0.4, 0.5) is 0 Å². The first kappa shape index (κ1) is 14.4. The van der Waals surface area contributed by atoms with Gasteiger partial charge in [-0.1, -0.05) is 18.9 Å². The molecule has 1 rings (SSSR count). The molecule has 94 valence electrons. The molecule has 0 amide bonds. The highest BCUT2D eigenvalue weighted by molar-refractivity contribution is 9.10. The van der Waals surface area contributed by atoms with Crippen molar-refractivity contribution in [2.24, 2.45) is 0 Å². The molecule has 1 N–H and O–H groups in total. The smallest absolute Gasteiger partial charge is 0.0714 e. The summed E-state index contributed by atoms with van der Waals surface area (Å²) in [5.41, 5.74) is 1.11. The van der Waals surface area contributed by atoms with E-state index in [-0.39, 0.29) is 0 Å². The number of allylic oxidation sites excluding steroid dienone is 1. The predicted molar refractivity (Wildman–Crippen MR) is 77.0 cm³/mol. The van der Waals surface area contributed by atoms with Gasteiger partial charge in [0.05, 0.1) is 11.7 Å². The van der Waals surface area contributed by atoms with E-state index in [0.717, 1.165) is 23.0 Å². The summed E-state index contributed by atoms with van der Waals surface area (Å²) in [6.45, 7) is 3.74. The summed E-state index contributed by atoms with van der Waals surface area (Å²) >= 11 is 3.56. The third kappa shape index (κ3) is 5.00. The molecular formula is C14H21BrN2. The Morgan fingerprint density at radius 3 is 2.94 bits per heavy atom. The van der Waals surface area contributed by atoms with Crippen LogP contribution in [0, 0.1) is 0 Å². The lowest BCUT2D eigenvalue weighted by Gasteiger charge is -2.16. The first-order chi connectivity index (χ1) is 8.29. The van der Waals surface area contributed by atoms with Crippen LogP contribution in [0.1, 0.15) is 43.8 Å². The molecule has 0 radical (unpaired) electrons. The van der Waals surface area contributed by atoms with E-state index in [4.69, 9.17) is 0 Å². The molecule has 1 atom stereocenters. The van der Waals surface area contributed by atoms with Crippen LogP contribution < -0.4 is 5.32 Å². The average Bonchev–Trinajstić information content (AvgIpc) is 2.35. The van der Waals surface area contributed by atoms with Crippen LogP contribution in [0.25, 0.3) is 0 Å². The molecule has 1 heterocycles. The molecule has 0 aromatic carbocycles. The standard InChI is InChI=1S/C14H21BrN2/c1-3-4-5-6-7-10-13(16-2)14-12(15)9-8-11-17-14/h3,8-9,11,13,16H,1,4-7,10H2,2H3. The van der Waals surface area contributed by atoms with Crippen molar-refractivity contribution in [2.75, 3.05) is 7.05 Å². The number of nitrogens with one attached hydrogen (secondary N) is 1. The monoisotopic (exact) mass is 296 g/mol. The molecule has 3 heteroatoms. The highest BCUT2D eigenvalue weighted by Gasteiger charge is 2.12. The van der Waals surface area contributed by atoms with Crippen molar-refractivity contribution in [3.8, 4) is 0 Å². The summed E-state index contributed by atoms with van der Waals surface area (Å²) in [5.74, 6) is 0. The zero-order valence-electron chi connectivity index (χ0n) is 10.5. The fourth-order valence-corrected chi connectivity index (χ4v) is 2.42. The van der Waals surface area contributed by atoms with Crippen molar-refractivity contribution >= 4 is 15.9 Å². The van der Waals surface area contributed by atoms with Crippen molar-refractivity contribution in [3.63, 3.8) is 0 Å². The fourth-order valence-electron chi connectivity index (χ4n) is 1.89. The summed E-state index contributed by atoms with van der Waals surface area (Å²) in [7, 11) is 2.00. The van der Waals surface area contributed by atoms with Crippen molar-refractivity contribution in [1.82, 2.24) is 10.3 Å². The van der Waals surface area contributed by atoms with E-state index in [1.54, 1.807) is 0 Å². The topological polar surface area (TPSA) is 24.9 Å². The van der Waals surface area contributed by atoms with Gasteiger partial charge >= 0.3 is 0 Å². The predicted octanol–water partition coefficient (Wildman–Crippen LogP) is 4.24. The number of nitrogens with zero attached hydrogens (tertiary/aromatic N) is 1. The molecule has 0 aliphatic carbocycles. The zero-order valence-corrected chi connectivity index (χ0v) is 12.0. The summed E-state index contributed by atoms with van der Waals surface area (Å²) in [5, 5.41) is 3.34. The minimum Gasteiger partial charge on any atom is -0.312 e. The zero-order chi connectivity index (χ0) is 12.5. The second kappa shape index (κ2) is 8.43. The van der Waals surface area contributed by atoms with Crippen LogP contribution in [0.2, 0.25) is 0 Å². The van der Waals surface area contributed by atoms with Crippen LogP contribution in [0.15, 0.2) is 35.5 Å². The molecule has 1 aromatic rings. The number of rotatable bonds is 8. The number of pyridine rings is 1. The second-order valence-corrected chi connectivity index (χ2v) is 4.99. The first-order valence-electron chi connectivity index (χ1n) is 6.18. The van der Waals surface area contributed by atoms with E-state index in [9.17, 15) is 0 Å². The van der Waals surface area contributed by atoms with Gasteiger partial charge in [0.15, 0.2) is 0 Å². The van der Waals surface area contributed by atoms with Gasteiger partial charge in [-0.3, -0.25) is 4.98 Å². The second-order valence-electron chi connectivity index (χ2n) is 4.14. The lowest BCUT2D eigenvalue weighted by atomic mass is 10.0. The van der Waals surface area contributed by atoms with E-state index in [0.29, 0.717) is 6.04 Å². The largest absolute Gasteiger partial charge is 0.312 e. The highest BCUT2D eigenvalue weighted by Crippen LogP contribution is 2.24. The van der Waals surface area contributed by atoms with Crippen LogP contribution in [0.5, 0.6) is 0 Å². The number of halogens is 1. The Bertz CT molecular complexity index is 339. The van der Waals surface area contributed by atoms with Gasteiger partial charge in [0.1, 0.15) is 0 Å². The maximum Gasteiger partial charge on any atom is 0.0714 e. The lowest BCUT2D eigenvalue weighted by Crippen LogP contribution is -2.18. The summed E-state index contributed by atoms with van der Waals surface area (Å²) in [4.78, 5) is 4.44. The van der Waals surface area contributed by atoms with E-state index >= 15 is 0 Å². The van der Waals surface area contributed by atoms with E-state index in [1.165, 1.54) is 19.3 Å². The molecule has 0 fully saturated rings. The SMILES string of the molecule is C=CCCCCCC(NC)c1ncccc1Br. The molecule has 1 aromatic heterocycles. The molecule has 0 spiro atoms. The molecule has 0 aliphatic rings. The van der Waals surface area contributed by atoms with Gasteiger partial charge in [0.25, 0.3) is 0 Å². The minimum absolute atomic E-state index is 0.342. The number of unbranched alkanes of at least 4 members (excludes halogenated alkanes) is 3. The maximum absolute atomic E-state index is 4.44. The number of aromatic nitrogens is 1. The fraction of sp³-hybridized carbons (Fsp3) is 0.500. The van der Waals surface area contributed by atoms with E-state index in [2.05, 4.69) is 32.8 Å². The van der Waals surface area contributed by atoms with E-state index in [1.807, 2.05) is 31.5 Å². The Hall–Kier alpha value is -0.670. The summed E-state index contributed by atoms with van der Waals surface area (Å²) in [6.07, 6.45) is 9.81. The quantitative estimate of drug-likeness (QED) is 0.573. The van der Waals surface area contributed by atoms with Crippen LogP contribution in [-0.4, -0.2) is 12.0 Å². The molecule has 2 nitrogen and oxygen atoms in total. The van der Waals surface area contributed by atoms with E-state index < -0.39 is 0 Å². The molecule has 1 unspecified atom stereocenters. The number of hydrogen-bond donors (Lipinski definition) is 1. The number of hydrogen-bond acceptors (Lipinski definition) is 2. The molecule has 17 heavy (non-hydrogen) atoms. The van der Waals surface area contributed by atoms with Crippen molar-refractivity contribution < 1.29 is 0 Å². The van der Waals surface area contributed by atoms with Gasteiger partial charge in [-0.05, 0) is 54.4 Å².